The second-order valence-corrected chi connectivity index (χ2v) is 9.60. The molecule has 3 aromatic rings. The molecule has 0 fully saturated rings. The lowest BCUT2D eigenvalue weighted by Crippen LogP contribution is -2.31. The molecular formula is C26H31N5O2S. The highest BCUT2D eigenvalue weighted by atomic mass is 32.2. The third kappa shape index (κ3) is 4.82. The Morgan fingerprint density at radius 1 is 1.18 bits per heavy atom. The van der Waals surface area contributed by atoms with Gasteiger partial charge in [0.05, 0.1) is 17.9 Å². The SMILES string of the molecule is CCOc1ccccc1NC(=O)C1=C(C)Nc2nc(SCC)nn2C1c1ccc(C(C)C)cc1. The minimum Gasteiger partial charge on any atom is -0.492 e. The fourth-order valence-corrected chi connectivity index (χ4v) is 4.58. The molecule has 1 amide bonds. The first-order valence-corrected chi connectivity index (χ1v) is 12.6. The molecule has 0 bridgehead atoms. The molecule has 1 unspecified atom stereocenters. The first kappa shape index (κ1) is 23.9. The molecule has 0 saturated carbocycles. The molecule has 7 nitrogen and oxygen atoms in total. The number of para-hydroxylation sites is 2. The van der Waals surface area contributed by atoms with Gasteiger partial charge in [0.1, 0.15) is 11.8 Å². The van der Waals surface area contributed by atoms with E-state index in [-0.39, 0.29) is 5.91 Å². The monoisotopic (exact) mass is 477 g/mol. The van der Waals surface area contributed by atoms with E-state index in [2.05, 4.69) is 60.7 Å². The summed E-state index contributed by atoms with van der Waals surface area (Å²) in [5.41, 5.74) is 4.20. The number of anilines is 2. The summed E-state index contributed by atoms with van der Waals surface area (Å²) in [4.78, 5) is 18.4. The maximum Gasteiger partial charge on any atom is 0.255 e. The number of allylic oxidation sites excluding steroid dienone is 1. The predicted octanol–water partition coefficient (Wildman–Crippen LogP) is 5.84. The van der Waals surface area contributed by atoms with E-state index in [1.807, 2.05) is 42.8 Å². The van der Waals surface area contributed by atoms with Gasteiger partial charge >= 0.3 is 0 Å². The van der Waals surface area contributed by atoms with E-state index >= 15 is 0 Å². The number of thioether (sulfide) groups is 1. The van der Waals surface area contributed by atoms with Gasteiger partial charge in [-0.1, -0.05) is 68.9 Å². The van der Waals surface area contributed by atoms with E-state index in [9.17, 15) is 4.79 Å². The normalized spacial score (nSPS) is 15.2. The van der Waals surface area contributed by atoms with Crippen LogP contribution in [0.3, 0.4) is 0 Å². The number of carbonyl (C=O) groups excluding carboxylic acids is 1. The van der Waals surface area contributed by atoms with Crippen LogP contribution in [0.4, 0.5) is 11.6 Å². The van der Waals surface area contributed by atoms with Crippen LogP contribution in [0.5, 0.6) is 5.75 Å². The molecule has 2 N–H and O–H groups in total. The van der Waals surface area contributed by atoms with E-state index in [1.165, 1.54) is 5.56 Å². The van der Waals surface area contributed by atoms with E-state index in [0.717, 1.165) is 17.0 Å². The highest BCUT2D eigenvalue weighted by molar-refractivity contribution is 7.99. The number of amides is 1. The third-order valence-electron chi connectivity index (χ3n) is 5.71. The number of benzene rings is 2. The van der Waals surface area contributed by atoms with Crippen molar-refractivity contribution in [2.45, 2.75) is 51.7 Å². The summed E-state index contributed by atoms with van der Waals surface area (Å²) in [6, 6.07) is 15.5. The van der Waals surface area contributed by atoms with Crippen molar-refractivity contribution in [1.82, 2.24) is 14.8 Å². The maximum absolute atomic E-state index is 13.7. The molecule has 178 valence electrons. The van der Waals surface area contributed by atoms with E-state index in [0.29, 0.717) is 40.6 Å². The van der Waals surface area contributed by atoms with E-state index in [4.69, 9.17) is 9.84 Å². The lowest BCUT2D eigenvalue weighted by atomic mass is 9.92. The maximum atomic E-state index is 13.7. The van der Waals surface area contributed by atoms with Crippen LogP contribution in [-0.4, -0.2) is 33.0 Å². The summed E-state index contributed by atoms with van der Waals surface area (Å²) in [6.07, 6.45) is 0. The summed E-state index contributed by atoms with van der Waals surface area (Å²) in [5.74, 6) is 2.36. The van der Waals surface area contributed by atoms with Crippen molar-refractivity contribution in [1.29, 1.82) is 0 Å². The molecule has 2 aromatic carbocycles. The number of aromatic nitrogens is 3. The fourth-order valence-electron chi connectivity index (χ4n) is 4.03. The largest absolute Gasteiger partial charge is 0.492 e. The molecule has 1 aliphatic heterocycles. The van der Waals surface area contributed by atoms with Gasteiger partial charge in [-0.2, -0.15) is 4.98 Å². The molecule has 0 spiro atoms. The second-order valence-electron chi connectivity index (χ2n) is 8.37. The van der Waals surface area contributed by atoms with Crippen molar-refractivity contribution in [2.24, 2.45) is 0 Å². The molecule has 0 aliphatic carbocycles. The zero-order valence-electron chi connectivity index (χ0n) is 20.3. The minimum absolute atomic E-state index is 0.207. The average Bonchev–Trinajstić information content (AvgIpc) is 3.21. The molecule has 34 heavy (non-hydrogen) atoms. The van der Waals surface area contributed by atoms with Gasteiger partial charge in [-0.05, 0) is 48.8 Å². The standard InChI is InChI=1S/C26H31N5O2S/c1-6-33-21-11-9-8-10-20(21)28-24(32)22-17(5)27-25-29-26(34-7-2)30-31(25)23(22)19-14-12-18(13-15-19)16(3)4/h8-16,23H,6-7H2,1-5H3,(H,28,32)(H,27,29,30). The Kier molecular flexibility index (Phi) is 7.26. The second kappa shape index (κ2) is 10.3. The van der Waals surface area contributed by atoms with Gasteiger partial charge in [-0.15, -0.1) is 5.10 Å². The van der Waals surface area contributed by atoms with Gasteiger partial charge < -0.3 is 15.4 Å². The van der Waals surface area contributed by atoms with Gasteiger partial charge in [-0.25, -0.2) is 4.68 Å². The number of carbonyl (C=O) groups is 1. The van der Waals surface area contributed by atoms with Crippen molar-refractivity contribution < 1.29 is 9.53 Å². The Hall–Kier alpha value is -3.26. The number of ether oxygens (including phenoxy) is 1. The third-order valence-corrected chi connectivity index (χ3v) is 6.42. The van der Waals surface area contributed by atoms with E-state index in [1.54, 1.807) is 11.8 Å². The molecule has 1 atom stereocenters. The van der Waals surface area contributed by atoms with Gasteiger partial charge in [-0.3, -0.25) is 4.79 Å². The zero-order valence-corrected chi connectivity index (χ0v) is 21.1. The van der Waals surface area contributed by atoms with Crippen molar-refractivity contribution >= 4 is 29.3 Å². The first-order chi connectivity index (χ1) is 16.4. The molecule has 0 saturated heterocycles. The summed E-state index contributed by atoms with van der Waals surface area (Å²) in [7, 11) is 0. The Morgan fingerprint density at radius 2 is 1.91 bits per heavy atom. The highest BCUT2D eigenvalue weighted by Gasteiger charge is 2.34. The number of nitrogens with one attached hydrogen (secondary N) is 2. The van der Waals surface area contributed by atoms with Gasteiger partial charge in [0.15, 0.2) is 0 Å². The minimum atomic E-state index is -0.407. The number of fused-ring (bicyclic) bond motifs is 1. The van der Waals surface area contributed by atoms with Gasteiger partial charge in [0, 0.05) is 5.70 Å². The average molecular weight is 478 g/mol. The van der Waals surface area contributed by atoms with Crippen molar-refractivity contribution in [3.8, 4) is 5.75 Å². The molecule has 4 rings (SSSR count). The van der Waals surface area contributed by atoms with Crippen LogP contribution in [-0.2, 0) is 4.79 Å². The molecular weight excluding hydrogens is 446 g/mol. The quantitative estimate of drug-likeness (QED) is 0.397. The predicted molar refractivity (Wildman–Crippen MR) is 138 cm³/mol. The summed E-state index contributed by atoms with van der Waals surface area (Å²) in [6.45, 7) is 10.7. The Labute approximate surface area is 205 Å². The Bertz CT molecular complexity index is 1200. The molecule has 0 radical (unpaired) electrons. The van der Waals surface area contributed by atoms with E-state index < -0.39 is 6.04 Å². The Balaban J connectivity index is 1.76. The smallest absolute Gasteiger partial charge is 0.255 e. The summed E-state index contributed by atoms with van der Waals surface area (Å²) >= 11 is 1.57. The van der Waals surface area contributed by atoms with Crippen LogP contribution < -0.4 is 15.4 Å². The van der Waals surface area contributed by atoms with Crippen LogP contribution in [0.1, 0.15) is 57.7 Å². The van der Waals surface area contributed by atoms with Crippen molar-refractivity contribution in [2.75, 3.05) is 23.0 Å². The topological polar surface area (TPSA) is 81.1 Å². The lowest BCUT2D eigenvalue weighted by Gasteiger charge is -2.29. The molecule has 2 heterocycles. The number of rotatable bonds is 8. The summed E-state index contributed by atoms with van der Waals surface area (Å²) < 4.78 is 7.53. The number of hydrogen-bond acceptors (Lipinski definition) is 6. The van der Waals surface area contributed by atoms with Crippen LogP contribution in [0.2, 0.25) is 0 Å². The fraction of sp³-hybridized carbons (Fsp3) is 0.346. The van der Waals surface area contributed by atoms with Crippen molar-refractivity contribution in [3.63, 3.8) is 0 Å². The highest BCUT2D eigenvalue weighted by Crippen LogP contribution is 2.37. The van der Waals surface area contributed by atoms with Crippen LogP contribution in [0.15, 0.2) is 65.0 Å². The van der Waals surface area contributed by atoms with Gasteiger partial charge in [0.25, 0.3) is 5.91 Å². The number of hydrogen-bond donors (Lipinski definition) is 2. The molecule has 8 heteroatoms. The lowest BCUT2D eigenvalue weighted by molar-refractivity contribution is -0.113. The van der Waals surface area contributed by atoms with Crippen LogP contribution in [0, 0.1) is 0 Å². The number of nitrogens with zero attached hydrogens (tertiary/aromatic N) is 3. The van der Waals surface area contributed by atoms with Crippen LogP contribution in [0.25, 0.3) is 0 Å². The Morgan fingerprint density at radius 3 is 2.59 bits per heavy atom. The summed E-state index contributed by atoms with van der Waals surface area (Å²) in [5, 5.41) is 11.8. The van der Waals surface area contributed by atoms with Gasteiger partial charge in [0.2, 0.25) is 11.1 Å². The first-order valence-electron chi connectivity index (χ1n) is 11.6. The van der Waals surface area contributed by atoms with Crippen molar-refractivity contribution in [3.05, 3.63) is 70.9 Å². The molecule has 1 aliphatic rings. The molecule has 1 aromatic heterocycles. The van der Waals surface area contributed by atoms with Crippen LogP contribution >= 0.6 is 11.8 Å². The zero-order chi connectivity index (χ0) is 24.2.